The van der Waals surface area contributed by atoms with Gasteiger partial charge in [-0.15, -0.1) is 23.1 Å². The van der Waals surface area contributed by atoms with Crippen molar-refractivity contribution in [2.24, 2.45) is 0 Å². The normalized spacial score (nSPS) is 14.1. The fraction of sp³-hybridized carbons (Fsp3) is 0.219. The third-order valence-electron chi connectivity index (χ3n) is 6.94. The van der Waals surface area contributed by atoms with Crippen molar-refractivity contribution in [2.75, 3.05) is 23.5 Å². The van der Waals surface area contributed by atoms with Gasteiger partial charge in [0.1, 0.15) is 5.00 Å². The van der Waals surface area contributed by atoms with Crippen molar-refractivity contribution in [2.45, 2.75) is 36.5 Å². The molecular formula is C32H29ClN2O4S2. The SMILES string of the molecule is COC(=O)c1c(NC(=O)CSc2cccc(NC(=O)Cc3ccc(Cl)cc3)c2)sc2c1CCC(c1ccccc1)C2. The highest BCUT2D eigenvalue weighted by Crippen LogP contribution is 2.43. The van der Waals surface area contributed by atoms with Crippen LogP contribution in [0.5, 0.6) is 0 Å². The molecule has 0 radical (unpaired) electrons. The number of thioether (sulfide) groups is 1. The van der Waals surface area contributed by atoms with Crippen LogP contribution in [-0.4, -0.2) is 30.6 Å². The second kappa shape index (κ2) is 13.4. The zero-order valence-electron chi connectivity index (χ0n) is 22.4. The van der Waals surface area contributed by atoms with Gasteiger partial charge in [0.15, 0.2) is 0 Å². The molecule has 41 heavy (non-hydrogen) atoms. The van der Waals surface area contributed by atoms with Gasteiger partial charge in [-0.3, -0.25) is 9.59 Å². The van der Waals surface area contributed by atoms with E-state index in [0.717, 1.165) is 40.2 Å². The van der Waals surface area contributed by atoms with Crippen LogP contribution in [0.25, 0.3) is 0 Å². The third kappa shape index (κ3) is 7.38. The number of halogens is 1. The molecule has 2 N–H and O–H groups in total. The molecule has 6 nitrogen and oxygen atoms in total. The van der Waals surface area contributed by atoms with Crippen LogP contribution < -0.4 is 10.6 Å². The summed E-state index contributed by atoms with van der Waals surface area (Å²) in [6.07, 6.45) is 2.76. The van der Waals surface area contributed by atoms with Crippen molar-refractivity contribution in [3.05, 3.63) is 111 Å². The van der Waals surface area contributed by atoms with Crippen LogP contribution in [0.1, 0.15) is 44.3 Å². The molecule has 1 atom stereocenters. The summed E-state index contributed by atoms with van der Waals surface area (Å²) < 4.78 is 5.08. The summed E-state index contributed by atoms with van der Waals surface area (Å²) in [6, 6.07) is 24.9. The van der Waals surface area contributed by atoms with Gasteiger partial charge in [0.25, 0.3) is 0 Å². The van der Waals surface area contributed by atoms with Crippen molar-refractivity contribution < 1.29 is 19.1 Å². The van der Waals surface area contributed by atoms with Gasteiger partial charge in [0, 0.05) is 20.5 Å². The quantitative estimate of drug-likeness (QED) is 0.154. The van der Waals surface area contributed by atoms with E-state index in [-0.39, 0.29) is 24.0 Å². The highest BCUT2D eigenvalue weighted by atomic mass is 35.5. The van der Waals surface area contributed by atoms with Crippen LogP contribution >= 0.6 is 34.7 Å². The predicted molar refractivity (Wildman–Crippen MR) is 166 cm³/mol. The maximum atomic E-state index is 13.0. The zero-order chi connectivity index (χ0) is 28.8. The molecule has 0 aliphatic heterocycles. The number of hydrogen-bond acceptors (Lipinski definition) is 6. The second-order valence-electron chi connectivity index (χ2n) is 9.77. The number of amides is 2. The van der Waals surface area contributed by atoms with Gasteiger partial charge in [0.05, 0.1) is 24.8 Å². The predicted octanol–water partition coefficient (Wildman–Crippen LogP) is 7.37. The molecule has 9 heteroatoms. The van der Waals surface area contributed by atoms with Crippen molar-refractivity contribution >= 4 is 63.2 Å². The Hall–Kier alpha value is -3.59. The number of ether oxygens (including phenoxy) is 1. The number of anilines is 2. The Morgan fingerprint density at radius 2 is 1.76 bits per heavy atom. The number of fused-ring (bicyclic) bond motifs is 1. The molecule has 0 fully saturated rings. The molecule has 2 amide bonds. The number of carbonyl (C=O) groups is 3. The first-order chi connectivity index (χ1) is 19.9. The summed E-state index contributed by atoms with van der Waals surface area (Å²) in [5, 5.41) is 7.04. The number of thiophene rings is 1. The maximum Gasteiger partial charge on any atom is 0.341 e. The van der Waals surface area contributed by atoms with E-state index in [1.807, 2.05) is 54.6 Å². The molecule has 1 heterocycles. The number of esters is 1. The van der Waals surface area contributed by atoms with E-state index in [4.69, 9.17) is 16.3 Å². The minimum Gasteiger partial charge on any atom is -0.465 e. The molecule has 0 saturated carbocycles. The van der Waals surface area contributed by atoms with E-state index in [0.29, 0.717) is 27.2 Å². The Morgan fingerprint density at radius 3 is 2.51 bits per heavy atom. The fourth-order valence-electron chi connectivity index (χ4n) is 4.97. The van der Waals surface area contributed by atoms with Crippen LogP contribution in [0.2, 0.25) is 5.02 Å². The smallest absolute Gasteiger partial charge is 0.341 e. The van der Waals surface area contributed by atoms with E-state index in [1.165, 1.54) is 35.8 Å². The van der Waals surface area contributed by atoms with E-state index in [9.17, 15) is 14.4 Å². The van der Waals surface area contributed by atoms with Gasteiger partial charge in [-0.05, 0) is 72.2 Å². The summed E-state index contributed by atoms with van der Waals surface area (Å²) in [6.45, 7) is 0. The largest absolute Gasteiger partial charge is 0.465 e. The summed E-state index contributed by atoms with van der Waals surface area (Å²) in [4.78, 5) is 40.2. The lowest BCUT2D eigenvalue weighted by Gasteiger charge is -2.22. The topological polar surface area (TPSA) is 84.5 Å². The van der Waals surface area contributed by atoms with Gasteiger partial charge in [-0.1, -0.05) is 60.1 Å². The summed E-state index contributed by atoms with van der Waals surface area (Å²) in [5.41, 5.74) is 4.27. The highest BCUT2D eigenvalue weighted by molar-refractivity contribution is 8.00. The van der Waals surface area contributed by atoms with Crippen molar-refractivity contribution in [3.63, 3.8) is 0 Å². The van der Waals surface area contributed by atoms with E-state index in [2.05, 4.69) is 22.8 Å². The molecule has 1 aromatic heterocycles. The molecule has 0 saturated heterocycles. The van der Waals surface area contributed by atoms with Gasteiger partial charge in [0.2, 0.25) is 11.8 Å². The van der Waals surface area contributed by atoms with Crippen LogP contribution in [0, 0.1) is 0 Å². The Kier molecular flexibility index (Phi) is 9.44. The lowest BCUT2D eigenvalue weighted by Crippen LogP contribution is -2.17. The zero-order valence-corrected chi connectivity index (χ0v) is 24.8. The molecule has 210 valence electrons. The Labute approximate surface area is 252 Å². The second-order valence-corrected chi connectivity index (χ2v) is 12.4. The van der Waals surface area contributed by atoms with E-state index in [1.54, 1.807) is 12.1 Å². The number of benzene rings is 3. The molecule has 0 bridgehead atoms. The standard InChI is InChI=1S/C32H29ClN2O4S2/c1-39-32(38)30-26-15-12-22(21-6-3-2-4-7-21)17-27(26)41-31(30)35-29(37)19-40-25-9-5-8-24(18-25)34-28(36)16-20-10-13-23(33)14-11-20/h2-11,13-14,18,22H,12,15-17,19H2,1H3,(H,34,36)(H,35,37). The molecule has 0 spiro atoms. The number of rotatable bonds is 9. The van der Waals surface area contributed by atoms with Gasteiger partial charge < -0.3 is 15.4 Å². The van der Waals surface area contributed by atoms with Crippen LogP contribution in [0.15, 0.2) is 83.8 Å². The Bertz CT molecular complexity index is 1550. The van der Waals surface area contributed by atoms with Gasteiger partial charge >= 0.3 is 5.97 Å². The Balaban J connectivity index is 1.21. The van der Waals surface area contributed by atoms with Crippen molar-refractivity contribution in [1.29, 1.82) is 0 Å². The lowest BCUT2D eigenvalue weighted by atomic mass is 9.83. The van der Waals surface area contributed by atoms with Crippen LogP contribution in [0.3, 0.4) is 0 Å². The van der Waals surface area contributed by atoms with Crippen molar-refractivity contribution in [3.8, 4) is 0 Å². The molecule has 4 aromatic rings. The summed E-state index contributed by atoms with van der Waals surface area (Å²) in [7, 11) is 1.37. The first-order valence-electron chi connectivity index (χ1n) is 13.2. The summed E-state index contributed by atoms with van der Waals surface area (Å²) in [5.74, 6) is -0.247. The minimum absolute atomic E-state index is 0.140. The maximum absolute atomic E-state index is 13.0. The molecule has 1 aliphatic carbocycles. The first-order valence-corrected chi connectivity index (χ1v) is 15.4. The van der Waals surface area contributed by atoms with Crippen molar-refractivity contribution in [1.82, 2.24) is 0 Å². The minimum atomic E-state index is -0.425. The first kappa shape index (κ1) is 28.9. The highest BCUT2D eigenvalue weighted by Gasteiger charge is 2.30. The van der Waals surface area contributed by atoms with Crippen LogP contribution in [-0.2, 0) is 33.6 Å². The molecule has 1 unspecified atom stereocenters. The van der Waals surface area contributed by atoms with Gasteiger partial charge in [-0.25, -0.2) is 4.79 Å². The molecular weight excluding hydrogens is 576 g/mol. The number of carbonyl (C=O) groups excluding carboxylic acids is 3. The van der Waals surface area contributed by atoms with Gasteiger partial charge in [-0.2, -0.15) is 0 Å². The molecule has 3 aromatic carbocycles. The van der Waals surface area contributed by atoms with E-state index < -0.39 is 5.97 Å². The van der Waals surface area contributed by atoms with E-state index >= 15 is 0 Å². The average molecular weight is 605 g/mol. The number of hydrogen-bond donors (Lipinski definition) is 2. The average Bonchev–Trinajstić information content (AvgIpc) is 3.34. The summed E-state index contributed by atoms with van der Waals surface area (Å²) >= 11 is 8.75. The number of methoxy groups -OCH3 is 1. The lowest BCUT2D eigenvalue weighted by molar-refractivity contribution is -0.115. The monoisotopic (exact) mass is 604 g/mol. The Morgan fingerprint density at radius 1 is 0.976 bits per heavy atom. The third-order valence-corrected chi connectivity index (χ3v) is 9.36. The van der Waals surface area contributed by atoms with Crippen LogP contribution in [0.4, 0.5) is 10.7 Å². The molecule has 5 rings (SSSR count). The fourth-order valence-corrected chi connectivity index (χ4v) is 7.18. The molecule has 1 aliphatic rings. The number of nitrogens with one attached hydrogen (secondary N) is 2.